The molecular formula is C57H81N6O10+. The summed E-state index contributed by atoms with van der Waals surface area (Å²) in [4.78, 5) is 84.5. The number of nitrogens with zero attached hydrogens (tertiary/aromatic N) is 2. The number of morpholine rings is 1. The van der Waals surface area contributed by atoms with Crippen LogP contribution < -0.4 is 31.7 Å². The molecule has 2 fully saturated rings. The molecule has 16 nitrogen and oxygen atoms in total. The molecule has 16 heteroatoms. The second-order valence-corrected chi connectivity index (χ2v) is 21.5. The molecule has 0 radical (unpaired) electrons. The van der Waals surface area contributed by atoms with Crippen molar-refractivity contribution < 1.29 is 52.2 Å². The number of hydrogen-bond donors (Lipinski definition) is 4. The number of ketones is 3. The Hall–Kier alpha value is -5.94. The smallest absolute Gasteiger partial charge is 0.313 e. The zero-order chi connectivity index (χ0) is 53.3. The highest BCUT2D eigenvalue weighted by Gasteiger charge is 2.50. The molecular weight excluding hydrogens is 929 g/mol. The van der Waals surface area contributed by atoms with Gasteiger partial charge in [0.05, 0.1) is 43.5 Å². The van der Waals surface area contributed by atoms with Crippen molar-refractivity contribution >= 4 is 35.1 Å². The molecule has 2 heterocycles. The van der Waals surface area contributed by atoms with Gasteiger partial charge in [0, 0.05) is 43.5 Å². The van der Waals surface area contributed by atoms with Crippen molar-refractivity contribution in [1.29, 1.82) is 0 Å². The number of nitrogens with two attached hydrogens (primary N) is 2. The third-order valence-corrected chi connectivity index (χ3v) is 13.4. The van der Waals surface area contributed by atoms with Crippen LogP contribution >= 0.6 is 0 Å². The van der Waals surface area contributed by atoms with Crippen LogP contribution in [-0.2, 0) is 57.6 Å². The van der Waals surface area contributed by atoms with Crippen LogP contribution in [0.5, 0.6) is 11.5 Å². The van der Waals surface area contributed by atoms with E-state index in [0.717, 1.165) is 16.7 Å². The van der Waals surface area contributed by atoms with Gasteiger partial charge in [0.15, 0.2) is 28.8 Å². The Morgan fingerprint density at radius 1 is 0.781 bits per heavy atom. The van der Waals surface area contributed by atoms with E-state index in [4.69, 9.17) is 30.5 Å². The minimum absolute atomic E-state index is 0.00163. The van der Waals surface area contributed by atoms with Crippen molar-refractivity contribution in [3.8, 4) is 11.5 Å². The normalized spacial score (nSPS) is 18.1. The van der Waals surface area contributed by atoms with Gasteiger partial charge in [-0.2, -0.15) is 0 Å². The van der Waals surface area contributed by atoms with Crippen LogP contribution in [0.1, 0.15) is 97.3 Å². The topological polar surface area (TPSA) is 222 Å². The quantitative estimate of drug-likeness (QED) is 0.0150. The van der Waals surface area contributed by atoms with Crippen LogP contribution in [0.15, 0.2) is 90.8 Å². The Balaban J connectivity index is 1.38. The SMILES string of the molecule is CC(C)C[C@H](NC(=O)[C@H](CCc1ccccc1)CC(=O)C[N+]1(Cc2ccc(OC(=O)C(C)C)c(OC/C(N)=C/N(C)N)c2)CCOCC1)C(=O)C[C@@H](Cc1ccccc1)C(=O)N[C@@H](CC(C)C)C(=O)[C@@]1(C)CO1. The van der Waals surface area contributed by atoms with E-state index in [1.54, 1.807) is 40.0 Å². The molecule has 0 unspecified atom stereocenters. The molecule has 5 rings (SSSR count). The lowest BCUT2D eigenvalue weighted by molar-refractivity contribution is -0.940. The molecule has 2 amide bonds. The van der Waals surface area contributed by atoms with Gasteiger partial charge in [-0.1, -0.05) is 102 Å². The summed E-state index contributed by atoms with van der Waals surface area (Å²) in [5.41, 5.74) is 8.25. The first kappa shape index (κ1) is 58.0. The predicted octanol–water partition coefficient (Wildman–Crippen LogP) is 6.03. The van der Waals surface area contributed by atoms with Crippen LogP contribution in [0.4, 0.5) is 0 Å². The van der Waals surface area contributed by atoms with E-state index in [2.05, 4.69) is 10.6 Å². The van der Waals surface area contributed by atoms with Gasteiger partial charge in [-0.05, 0) is 80.2 Å². The predicted molar refractivity (Wildman–Crippen MR) is 279 cm³/mol. The van der Waals surface area contributed by atoms with Gasteiger partial charge in [0.25, 0.3) is 0 Å². The number of hydrazine groups is 1. The van der Waals surface area contributed by atoms with Crippen LogP contribution in [-0.4, -0.2) is 115 Å². The average Bonchev–Trinajstić information content (AvgIpc) is 4.09. The zero-order valence-corrected chi connectivity index (χ0v) is 44.4. The van der Waals surface area contributed by atoms with Gasteiger partial charge in [-0.25, -0.2) is 5.84 Å². The second kappa shape index (κ2) is 27.4. The number of hydrogen-bond acceptors (Lipinski definition) is 13. The van der Waals surface area contributed by atoms with Crippen LogP contribution in [0.25, 0.3) is 0 Å². The molecule has 5 atom stereocenters. The highest BCUT2D eigenvalue weighted by atomic mass is 16.6. The first-order valence-electron chi connectivity index (χ1n) is 25.9. The van der Waals surface area contributed by atoms with E-state index in [0.29, 0.717) is 81.1 Å². The summed E-state index contributed by atoms with van der Waals surface area (Å²) in [6, 6.07) is 22.8. The van der Waals surface area contributed by atoms with Crippen molar-refractivity contribution in [1.82, 2.24) is 15.6 Å². The van der Waals surface area contributed by atoms with E-state index in [1.807, 2.05) is 94.4 Å². The number of aryl methyl sites for hydroxylation is 1. The molecule has 0 aromatic heterocycles. The summed E-state index contributed by atoms with van der Waals surface area (Å²) in [5, 5.41) is 7.40. The number of rotatable bonds is 30. The molecule has 0 aliphatic carbocycles. The molecule has 3 aromatic carbocycles. The van der Waals surface area contributed by atoms with E-state index >= 15 is 0 Å². The first-order valence-corrected chi connectivity index (χ1v) is 25.9. The maximum absolute atomic E-state index is 14.7. The number of carbonyl (C=O) groups excluding carboxylic acids is 6. The number of esters is 1. The average molecular weight is 1010 g/mol. The second-order valence-electron chi connectivity index (χ2n) is 21.5. The monoisotopic (exact) mass is 1010 g/mol. The summed E-state index contributed by atoms with van der Waals surface area (Å²) in [5.74, 6) is 2.58. The van der Waals surface area contributed by atoms with Crippen molar-refractivity contribution in [3.05, 3.63) is 107 Å². The van der Waals surface area contributed by atoms with Crippen LogP contribution in [0, 0.1) is 29.6 Å². The lowest BCUT2D eigenvalue weighted by atomic mass is 9.87. The molecule has 73 heavy (non-hydrogen) atoms. The lowest BCUT2D eigenvalue weighted by Crippen LogP contribution is -2.57. The summed E-state index contributed by atoms with van der Waals surface area (Å²) in [6.07, 6.45) is 3.16. The van der Waals surface area contributed by atoms with E-state index in [9.17, 15) is 28.8 Å². The molecule has 2 aliphatic rings. The molecule has 3 aromatic rings. The van der Waals surface area contributed by atoms with E-state index in [1.165, 1.54) is 11.2 Å². The number of amides is 2. The van der Waals surface area contributed by atoms with Crippen LogP contribution in [0.3, 0.4) is 0 Å². The third-order valence-electron chi connectivity index (χ3n) is 13.4. The highest BCUT2D eigenvalue weighted by Crippen LogP contribution is 2.33. The van der Waals surface area contributed by atoms with Gasteiger partial charge in [-0.15, -0.1) is 0 Å². The number of epoxide rings is 1. The van der Waals surface area contributed by atoms with E-state index in [-0.39, 0.29) is 73.3 Å². The van der Waals surface area contributed by atoms with Crippen molar-refractivity contribution in [3.63, 3.8) is 0 Å². The molecule has 2 aliphatic heterocycles. The fraction of sp³-hybridized carbons (Fsp3) is 0.544. The largest absolute Gasteiger partial charge is 0.483 e. The Bertz CT molecular complexity index is 2340. The Morgan fingerprint density at radius 3 is 1.96 bits per heavy atom. The van der Waals surface area contributed by atoms with Gasteiger partial charge < -0.3 is 44.8 Å². The summed E-state index contributed by atoms with van der Waals surface area (Å²) >= 11 is 0. The fourth-order valence-corrected chi connectivity index (χ4v) is 9.23. The van der Waals surface area contributed by atoms with Gasteiger partial charge >= 0.3 is 5.97 Å². The summed E-state index contributed by atoms with van der Waals surface area (Å²) in [6.45, 7) is 15.9. The number of benzene rings is 3. The van der Waals surface area contributed by atoms with Gasteiger partial charge in [-0.3, -0.25) is 28.8 Å². The number of quaternary nitrogens is 1. The van der Waals surface area contributed by atoms with Gasteiger partial charge in [0.1, 0.15) is 38.4 Å². The molecule has 0 saturated carbocycles. The Kier molecular flexibility index (Phi) is 21.7. The number of nitrogens with one attached hydrogen (secondary N) is 2. The maximum atomic E-state index is 14.7. The molecule has 0 spiro atoms. The van der Waals surface area contributed by atoms with Gasteiger partial charge in [0.2, 0.25) is 11.8 Å². The minimum atomic E-state index is -0.943. The fourth-order valence-electron chi connectivity index (χ4n) is 9.23. The van der Waals surface area contributed by atoms with E-state index < -0.39 is 47.3 Å². The third kappa shape index (κ3) is 18.8. The van der Waals surface area contributed by atoms with Crippen molar-refractivity contribution in [2.24, 2.45) is 41.2 Å². The summed E-state index contributed by atoms with van der Waals surface area (Å²) in [7, 11) is 1.63. The van der Waals surface area contributed by atoms with Crippen molar-refractivity contribution in [2.45, 2.75) is 118 Å². The molecule has 2 saturated heterocycles. The standard InChI is InChI=1S/C57H80N6O10/c1-38(2)27-48(50(65)32-45(29-42-17-13-10-14-18-42)55(68)61-49(28-39(3)4)53(66)57(7)37-72-57)60-54(67)44(21-19-41-15-11-9-12-16-41)31-47(64)35-63(23-25-70-26-24-63)34-43-20-22-51(73-56(69)40(5)6)52(30-43)71-36-46(58)33-62(8)59/h9-18,20,22,30,33,38-40,44-45,48-49H,19,21,23-29,31-32,34-37,58-59H2,1-8H3,(H-,60,61,67,68)/p+1/b46-33-/t44-,45-,48+,49+,57-/m1/s1. The van der Waals surface area contributed by atoms with Crippen molar-refractivity contribution in [2.75, 3.05) is 53.1 Å². The molecule has 398 valence electrons. The lowest BCUT2D eigenvalue weighted by Gasteiger charge is -2.41. The summed E-state index contributed by atoms with van der Waals surface area (Å²) < 4.78 is 23.4. The molecule has 6 N–H and O–H groups in total. The number of ether oxygens (including phenoxy) is 4. The van der Waals surface area contributed by atoms with Crippen LogP contribution in [0.2, 0.25) is 0 Å². The number of Topliss-reactive ketones (excluding diaryl/α,β-unsaturated/α-hetero) is 3. The Morgan fingerprint density at radius 2 is 1.37 bits per heavy atom. The Labute approximate surface area is 432 Å². The molecule has 0 bridgehead atoms. The number of carbonyl (C=O) groups is 6. The maximum Gasteiger partial charge on any atom is 0.313 e. The minimum Gasteiger partial charge on any atom is -0.483 e. The first-order chi connectivity index (χ1) is 34.6. The highest BCUT2D eigenvalue weighted by molar-refractivity contribution is 5.98. The zero-order valence-electron chi connectivity index (χ0n) is 44.4.